The molecule has 0 bridgehead atoms. The number of Topliss-reactive ketones (excluding diaryl/α,β-unsaturated/α-hetero) is 1. The van der Waals surface area contributed by atoms with Crippen LogP contribution in [0.3, 0.4) is 0 Å². The number of hydrogen-bond donors (Lipinski definition) is 0. The summed E-state index contributed by atoms with van der Waals surface area (Å²) >= 11 is 0. The van der Waals surface area contributed by atoms with Crippen molar-refractivity contribution in [3.63, 3.8) is 0 Å². The van der Waals surface area contributed by atoms with Crippen LogP contribution in [0.2, 0.25) is 0 Å². The zero-order chi connectivity index (χ0) is 16.9. The van der Waals surface area contributed by atoms with Crippen LogP contribution in [0, 0.1) is 0 Å². The maximum Gasteiger partial charge on any atom is 0.253 e. The van der Waals surface area contributed by atoms with Gasteiger partial charge in [-0.05, 0) is 37.6 Å². The molecule has 0 saturated carbocycles. The molecule has 1 fully saturated rings. The minimum atomic E-state index is 0.00905. The lowest BCUT2D eigenvalue weighted by Crippen LogP contribution is -2.35. The third-order valence-electron chi connectivity index (χ3n) is 4.29. The van der Waals surface area contributed by atoms with Crippen molar-refractivity contribution in [2.45, 2.75) is 13.3 Å². The summed E-state index contributed by atoms with van der Waals surface area (Å²) in [5.41, 5.74) is 1.26. The number of rotatable bonds is 3. The Morgan fingerprint density at radius 3 is 2.33 bits per heavy atom. The minimum absolute atomic E-state index is 0.00905. The van der Waals surface area contributed by atoms with Gasteiger partial charge in [0.05, 0.1) is 0 Å². The van der Waals surface area contributed by atoms with Crippen molar-refractivity contribution in [3.8, 4) is 0 Å². The molecule has 24 heavy (non-hydrogen) atoms. The Kier molecular flexibility index (Phi) is 4.89. The number of amides is 1. The molecule has 0 spiro atoms. The molecule has 5 nitrogen and oxygen atoms in total. The van der Waals surface area contributed by atoms with Gasteiger partial charge in [0.2, 0.25) is 0 Å². The van der Waals surface area contributed by atoms with Crippen molar-refractivity contribution in [2.24, 2.45) is 0 Å². The number of carbonyl (C=O) groups is 2. The fraction of sp³-hybridized carbons (Fsp3) is 0.316. The second kappa shape index (κ2) is 7.25. The van der Waals surface area contributed by atoms with Gasteiger partial charge in [0.15, 0.2) is 5.78 Å². The molecular weight excluding hydrogens is 302 g/mol. The highest BCUT2D eigenvalue weighted by molar-refractivity contribution is 5.97. The van der Waals surface area contributed by atoms with Gasteiger partial charge in [-0.1, -0.05) is 18.2 Å². The van der Waals surface area contributed by atoms with Crippen LogP contribution >= 0.6 is 0 Å². The van der Waals surface area contributed by atoms with Crippen molar-refractivity contribution >= 4 is 17.5 Å². The van der Waals surface area contributed by atoms with Crippen molar-refractivity contribution in [3.05, 3.63) is 59.8 Å². The predicted octanol–water partition coefficient (Wildman–Crippen LogP) is 2.64. The highest BCUT2D eigenvalue weighted by Crippen LogP contribution is 2.15. The quantitative estimate of drug-likeness (QED) is 0.815. The Balaban J connectivity index is 1.67. The first-order valence-electron chi connectivity index (χ1n) is 8.21. The molecule has 1 saturated heterocycles. The van der Waals surface area contributed by atoms with Crippen LogP contribution in [0.4, 0.5) is 5.82 Å². The smallest absolute Gasteiger partial charge is 0.253 e. The van der Waals surface area contributed by atoms with Gasteiger partial charge in [0.1, 0.15) is 5.82 Å². The fourth-order valence-corrected chi connectivity index (χ4v) is 2.92. The zero-order valence-electron chi connectivity index (χ0n) is 13.8. The normalized spacial score (nSPS) is 15.0. The van der Waals surface area contributed by atoms with Crippen LogP contribution < -0.4 is 4.90 Å². The van der Waals surface area contributed by atoms with Gasteiger partial charge in [0, 0.05) is 43.5 Å². The van der Waals surface area contributed by atoms with Crippen LogP contribution in [0.25, 0.3) is 0 Å². The summed E-state index contributed by atoms with van der Waals surface area (Å²) < 4.78 is 0. The van der Waals surface area contributed by atoms with Gasteiger partial charge < -0.3 is 9.80 Å². The van der Waals surface area contributed by atoms with E-state index in [0.29, 0.717) is 17.7 Å². The fourth-order valence-electron chi connectivity index (χ4n) is 2.92. The topological polar surface area (TPSA) is 53.5 Å². The third kappa shape index (κ3) is 3.62. The summed E-state index contributed by atoms with van der Waals surface area (Å²) in [5, 5.41) is 0. The van der Waals surface area contributed by atoms with Crippen LogP contribution in [0.5, 0.6) is 0 Å². The number of pyridine rings is 1. The van der Waals surface area contributed by atoms with Gasteiger partial charge >= 0.3 is 0 Å². The third-order valence-corrected chi connectivity index (χ3v) is 4.29. The van der Waals surface area contributed by atoms with E-state index in [4.69, 9.17) is 0 Å². The molecule has 1 amide bonds. The number of anilines is 1. The van der Waals surface area contributed by atoms with E-state index in [1.165, 1.54) is 6.92 Å². The standard InChI is InChI=1S/C19H21N3O2/c1-15(23)16-6-8-17(9-7-16)19(24)22-12-4-11-21(13-14-22)18-5-2-3-10-20-18/h2-3,5-10H,4,11-14H2,1H3. The van der Waals surface area contributed by atoms with Gasteiger partial charge in [-0.25, -0.2) is 4.98 Å². The summed E-state index contributed by atoms with van der Waals surface area (Å²) in [5.74, 6) is 0.986. The summed E-state index contributed by atoms with van der Waals surface area (Å²) in [4.78, 5) is 32.5. The Hall–Kier alpha value is -2.69. The summed E-state index contributed by atoms with van der Waals surface area (Å²) in [6.07, 6.45) is 2.70. The van der Waals surface area contributed by atoms with Gasteiger partial charge in [-0.2, -0.15) is 0 Å². The van der Waals surface area contributed by atoms with Gasteiger partial charge in [-0.3, -0.25) is 9.59 Å². The van der Waals surface area contributed by atoms with Crippen LogP contribution in [-0.4, -0.2) is 47.8 Å². The maximum absolute atomic E-state index is 12.7. The number of nitrogens with zero attached hydrogens (tertiary/aromatic N) is 3. The Morgan fingerprint density at radius 2 is 1.67 bits per heavy atom. The number of carbonyl (C=O) groups excluding carboxylic acids is 2. The first-order valence-corrected chi connectivity index (χ1v) is 8.21. The van der Waals surface area contributed by atoms with E-state index in [1.54, 1.807) is 30.5 Å². The average molecular weight is 323 g/mol. The molecule has 0 radical (unpaired) electrons. The maximum atomic E-state index is 12.7. The van der Waals surface area contributed by atoms with Crippen molar-refractivity contribution < 1.29 is 9.59 Å². The highest BCUT2D eigenvalue weighted by atomic mass is 16.2. The molecule has 1 aromatic heterocycles. The van der Waals surface area contributed by atoms with Crippen molar-refractivity contribution in [2.75, 3.05) is 31.1 Å². The SMILES string of the molecule is CC(=O)c1ccc(C(=O)N2CCCN(c3ccccn3)CC2)cc1. The van der Waals surface area contributed by atoms with Gasteiger partial charge in [0.25, 0.3) is 5.91 Å². The summed E-state index contributed by atoms with van der Waals surface area (Å²) in [6.45, 7) is 4.59. The van der Waals surface area contributed by atoms with Crippen LogP contribution in [0.1, 0.15) is 34.1 Å². The number of hydrogen-bond acceptors (Lipinski definition) is 4. The van der Waals surface area contributed by atoms with E-state index in [9.17, 15) is 9.59 Å². The van der Waals surface area contributed by atoms with E-state index in [0.717, 1.165) is 31.9 Å². The van der Waals surface area contributed by atoms with Crippen molar-refractivity contribution in [1.29, 1.82) is 0 Å². The molecule has 0 unspecified atom stereocenters. The molecule has 5 heteroatoms. The van der Waals surface area contributed by atoms with E-state index in [2.05, 4.69) is 9.88 Å². The van der Waals surface area contributed by atoms with E-state index < -0.39 is 0 Å². The lowest BCUT2D eigenvalue weighted by molar-refractivity contribution is 0.0766. The summed E-state index contributed by atoms with van der Waals surface area (Å²) in [7, 11) is 0. The Bertz CT molecular complexity index is 713. The molecule has 0 atom stereocenters. The Labute approximate surface area is 141 Å². The Morgan fingerprint density at radius 1 is 0.917 bits per heavy atom. The molecule has 3 rings (SSSR count). The molecule has 1 aromatic carbocycles. The number of ketones is 1. The second-order valence-electron chi connectivity index (χ2n) is 5.95. The largest absolute Gasteiger partial charge is 0.355 e. The molecule has 0 aliphatic carbocycles. The van der Waals surface area contributed by atoms with E-state index in [1.807, 2.05) is 23.1 Å². The average Bonchev–Trinajstić information content (AvgIpc) is 2.88. The first-order chi connectivity index (χ1) is 11.6. The highest BCUT2D eigenvalue weighted by Gasteiger charge is 2.21. The van der Waals surface area contributed by atoms with Crippen LogP contribution in [0.15, 0.2) is 48.7 Å². The number of aromatic nitrogens is 1. The molecule has 1 aliphatic rings. The second-order valence-corrected chi connectivity index (χ2v) is 5.95. The molecule has 1 aliphatic heterocycles. The van der Waals surface area contributed by atoms with E-state index in [-0.39, 0.29) is 11.7 Å². The van der Waals surface area contributed by atoms with E-state index >= 15 is 0 Å². The lowest BCUT2D eigenvalue weighted by atomic mass is 10.1. The molecule has 124 valence electrons. The molecule has 2 aromatic rings. The van der Waals surface area contributed by atoms with Crippen LogP contribution in [-0.2, 0) is 0 Å². The molecule has 0 N–H and O–H groups in total. The zero-order valence-corrected chi connectivity index (χ0v) is 13.8. The first kappa shape index (κ1) is 16.2. The van der Waals surface area contributed by atoms with Crippen molar-refractivity contribution in [1.82, 2.24) is 9.88 Å². The molecular formula is C19H21N3O2. The monoisotopic (exact) mass is 323 g/mol. The lowest BCUT2D eigenvalue weighted by Gasteiger charge is -2.23. The number of benzene rings is 1. The minimum Gasteiger partial charge on any atom is -0.355 e. The van der Waals surface area contributed by atoms with Gasteiger partial charge in [-0.15, -0.1) is 0 Å². The summed E-state index contributed by atoms with van der Waals surface area (Å²) in [6, 6.07) is 12.8. The predicted molar refractivity (Wildman–Crippen MR) is 93.4 cm³/mol. The molecule has 2 heterocycles.